The van der Waals surface area contributed by atoms with E-state index in [-0.39, 0.29) is 18.1 Å². The quantitative estimate of drug-likeness (QED) is 0.729. The Hall–Kier alpha value is -2.89. The Morgan fingerprint density at radius 3 is 2.77 bits per heavy atom. The van der Waals surface area contributed by atoms with Gasteiger partial charge >= 0.3 is 5.69 Å². The van der Waals surface area contributed by atoms with E-state index < -0.39 is 0 Å². The highest BCUT2D eigenvalue weighted by molar-refractivity contribution is 5.95. The molecular weight excluding hydrogens is 328 g/mol. The summed E-state index contributed by atoms with van der Waals surface area (Å²) in [5, 5.41) is 6.61. The summed E-state index contributed by atoms with van der Waals surface area (Å²) in [4.78, 5) is 26.8. The zero-order valence-electron chi connectivity index (χ0n) is 14.9. The second kappa shape index (κ2) is 6.78. The number of amides is 1. The minimum absolute atomic E-state index is 0.0395. The van der Waals surface area contributed by atoms with Gasteiger partial charge in [0.1, 0.15) is 12.4 Å². The Labute approximate surface area is 151 Å². The van der Waals surface area contributed by atoms with E-state index in [1.54, 1.807) is 16.5 Å². The second-order valence-corrected chi connectivity index (χ2v) is 6.80. The van der Waals surface area contributed by atoms with Crippen LogP contribution in [-0.4, -0.2) is 27.3 Å². The number of likely N-dealkylation sites (N-methyl/N-ethyl adjacent to an activating group) is 1. The topological polar surface area (TPSA) is 60.1 Å². The third-order valence-corrected chi connectivity index (χ3v) is 5.06. The first kappa shape index (κ1) is 16.6. The number of anilines is 1. The Morgan fingerprint density at radius 2 is 1.92 bits per heavy atom. The highest BCUT2D eigenvalue weighted by atomic mass is 16.2. The van der Waals surface area contributed by atoms with Gasteiger partial charge in [0.15, 0.2) is 0 Å². The van der Waals surface area contributed by atoms with E-state index in [1.807, 2.05) is 42.5 Å². The molecule has 0 N–H and O–H groups in total. The fourth-order valence-corrected chi connectivity index (χ4v) is 3.49. The molecule has 0 saturated carbocycles. The molecule has 0 saturated heterocycles. The molecule has 26 heavy (non-hydrogen) atoms. The first-order valence-corrected chi connectivity index (χ1v) is 9.05. The maximum atomic E-state index is 12.7. The van der Waals surface area contributed by atoms with Gasteiger partial charge in [0.05, 0.1) is 0 Å². The minimum Gasteiger partial charge on any atom is -0.314 e. The summed E-state index contributed by atoms with van der Waals surface area (Å²) in [5.41, 5.74) is 0.629. The van der Waals surface area contributed by atoms with Crippen LogP contribution in [0.2, 0.25) is 0 Å². The van der Waals surface area contributed by atoms with Crippen LogP contribution in [0.15, 0.2) is 47.3 Å². The molecular formula is C20H22N4O2. The lowest BCUT2D eigenvalue weighted by atomic mass is 10.1. The van der Waals surface area contributed by atoms with Crippen molar-refractivity contribution in [3.05, 3.63) is 58.8 Å². The normalized spacial score (nSPS) is 14.0. The number of hydrogen-bond acceptors (Lipinski definition) is 3. The highest BCUT2D eigenvalue weighted by Crippen LogP contribution is 2.21. The summed E-state index contributed by atoms with van der Waals surface area (Å²) in [6.45, 7) is 0.658. The summed E-state index contributed by atoms with van der Waals surface area (Å²) in [5.74, 6) is 0.643. The number of aryl methyl sites for hydroxylation is 1. The number of hydrogen-bond donors (Lipinski definition) is 0. The van der Waals surface area contributed by atoms with E-state index in [4.69, 9.17) is 0 Å². The molecule has 0 aliphatic carbocycles. The second-order valence-electron chi connectivity index (χ2n) is 6.80. The number of carbonyl (C=O) groups is 1. The lowest BCUT2D eigenvalue weighted by molar-refractivity contribution is -0.119. The van der Waals surface area contributed by atoms with Crippen molar-refractivity contribution in [1.29, 1.82) is 0 Å². The number of nitrogens with zero attached hydrogens (tertiary/aromatic N) is 4. The first-order valence-electron chi connectivity index (χ1n) is 9.05. The largest absolute Gasteiger partial charge is 0.346 e. The molecule has 2 heterocycles. The maximum Gasteiger partial charge on any atom is 0.346 e. The summed E-state index contributed by atoms with van der Waals surface area (Å²) in [6, 6.07) is 13.9. The molecule has 1 aliphatic rings. The van der Waals surface area contributed by atoms with E-state index in [1.165, 1.54) is 4.68 Å². The van der Waals surface area contributed by atoms with E-state index in [9.17, 15) is 9.59 Å². The van der Waals surface area contributed by atoms with Gasteiger partial charge < -0.3 is 4.90 Å². The van der Waals surface area contributed by atoms with Gasteiger partial charge in [-0.1, -0.05) is 36.8 Å². The van der Waals surface area contributed by atoms with E-state index >= 15 is 0 Å². The van der Waals surface area contributed by atoms with E-state index in [0.717, 1.165) is 48.0 Å². The van der Waals surface area contributed by atoms with Crippen LogP contribution in [0.5, 0.6) is 0 Å². The van der Waals surface area contributed by atoms with Crippen LogP contribution in [-0.2, 0) is 24.3 Å². The Bertz CT molecular complexity index is 1020. The average Bonchev–Trinajstić information content (AvgIpc) is 2.83. The Morgan fingerprint density at radius 1 is 1.12 bits per heavy atom. The molecule has 1 aliphatic heterocycles. The molecule has 0 spiro atoms. The highest BCUT2D eigenvalue weighted by Gasteiger charge is 2.19. The zero-order chi connectivity index (χ0) is 18.1. The lowest BCUT2D eigenvalue weighted by Gasteiger charge is -2.17. The molecule has 0 fully saturated rings. The van der Waals surface area contributed by atoms with Gasteiger partial charge in [0.25, 0.3) is 0 Å². The number of carbonyl (C=O) groups excluding carboxylic acids is 1. The molecule has 0 bridgehead atoms. The summed E-state index contributed by atoms with van der Waals surface area (Å²) in [6.07, 6.45) is 3.95. The van der Waals surface area contributed by atoms with Gasteiger partial charge in [0, 0.05) is 25.7 Å². The average molecular weight is 350 g/mol. The fraction of sp³-hybridized carbons (Fsp3) is 0.350. The van der Waals surface area contributed by atoms with Gasteiger partial charge in [-0.05, 0) is 35.7 Å². The standard InChI is InChI=1S/C20H22N4O2/c1-22(17-11-10-15-7-4-5-8-16(15)13-17)19(25)14-24-20(26)23-12-6-2-3-9-18(23)21-24/h4-5,7-8,10-11,13H,2-3,6,9,12,14H2,1H3. The molecule has 3 aromatic rings. The first-order chi connectivity index (χ1) is 12.6. The van der Waals surface area contributed by atoms with Crippen molar-refractivity contribution < 1.29 is 4.79 Å². The number of fused-ring (bicyclic) bond motifs is 2. The van der Waals surface area contributed by atoms with Crippen LogP contribution < -0.4 is 10.6 Å². The predicted molar refractivity (Wildman–Crippen MR) is 101 cm³/mol. The smallest absolute Gasteiger partial charge is 0.314 e. The van der Waals surface area contributed by atoms with Crippen LogP contribution in [0.3, 0.4) is 0 Å². The van der Waals surface area contributed by atoms with Crippen molar-refractivity contribution in [3.63, 3.8) is 0 Å². The monoisotopic (exact) mass is 350 g/mol. The molecule has 0 unspecified atom stereocenters. The maximum absolute atomic E-state index is 12.7. The molecule has 6 heteroatoms. The molecule has 0 atom stereocenters. The minimum atomic E-state index is -0.179. The van der Waals surface area contributed by atoms with Crippen molar-refractivity contribution >= 4 is 22.4 Å². The Balaban J connectivity index is 1.56. The number of aromatic nitrogens is 3. The van der Waals surface area contributed by atoms with Crippen LogP contribution in [0, 0.1) is 0 Å². The van der Waals surface area contributed by atoms with Gasteiger partial charge in [-0.25, -0.2) is 9.48 Å². The van der Waals surface area contributed by atoms with E-state index in [2.05, 4.69) is 5.10 Å². The van der Waals surface area contributed by atoms with Crippen molar-refractivity contribution in [2.24, 2.45) is 0 Å². The van der Waals surface area contributed by atoms with Gasteiger partial charge in [-0.3, -0.25) is 9.36 Å². The van der Waals surface area contributed by atoms with Crippen LogP contribution in [0.4, 0.5) is 5.69 Å². The van der Waals surface area contributed by atoms with Crippen molar-refractivity contribution in [2.75, 3.05) is 11.9 Å². The van der Waals surface area contributed by atoms with Gasteiger partial charge in [-0.2, -0.15) is 5.10 Å². The third-order valence-electron chi connectivity index (χ3n) is 5.06. The molecule has 1 aromatic heterocycles. The van der Waals surface area contributed by atoms with Gasteiger partial charge in [0.2, 0.25) is 5.91 Å². The SMILES string of the molecule is CN(C(=O)Cn1nc2n(c1=O)CCCCC2)c1ccc2ccccc2c1. The van der Waals surface area contributed by atoms with Crippen molar-refractivity contribution in [3.8, 4) is 0 Å². The number of benzene rings is 2. The number of rotatable bonds is 3. The van der Waals surface area contributed by atoms with Crippen LogP contribution in [0.25, 0.3) is 10.8 Å². The molecule has 1 amide bonds. The summed E-state index contributed by atoms with van der Waals surface area (Å²) in [7, 11) is 1.73. The molecule has 6 nitrogen and oxygen atoms in total. The summed E-state index contributed by atoms with van der Waals surface area (Å²) < 4.78 is 3.02. The fourth-order valence-electron chi connectivity index (χ4n) is 3.49. The van der Waals surface area contributed by atoms with E-state index in [0.29, 0.717) is 6.54 Å². The lowest BCUT2D eigenvalue weighted by Crippen LogP contribution is -2.35. The molecule has 2 aromatic carbocycles. The Kier molecular flexibility index (Phi) is 4.32. The molecule has 0 radical (unpaired) electrons. The predicted octanol–water partition coefficient (Wildman–Crippen LogP) is 2.59. The van der Waals surface area contributed by atoms with Crippen LogP contribution in [0.1, 0.15) is 25.1 Å². The summed E-state index contributed by atoms with van der Waals surface area (Å²) >= 11 is 0. The van der Waals surface area contributed by atoms with Crippen molar-refractivity contribution in [2.45, 2.75) is 38.8 Å². The molecule has 134 valence electrons. The van der Waals surface area contributed by atoms with Crippen LogP contribution >= 0.6 is 0 Å². The van der Waals surface area contributed by atoms with Crippen molar-refractivity contribution in [1.82, 2.24) is 14.3 Å². The zero-order valence-corrected chi connectivity index (χ0v) is 14.9. The molecule has 4 rings (SSSR count). The van der Waals surface area contributed by atoms with Gasteiger partial charge in [-0.15, -0.1) is 0 Å². The third kappa shape index (κ3) is 3.03.